The van der Waals surface area contributed by atoms with E-state index in [4.69, 9.17) is 11.6 Å². The summed E-state index contributed by atoms with van der Waals surface area (Å²) in [7, 11) is 0. The number of thiazole rings is 1. The van der Waals surface area contributed by atoms with Gasteiger partial charge >= 0.3 is 0 Å². The van der Waals surface area contributed by atoms with Crippen LogP contribution in [0.15, 0.2) is 59.3 Å². The molecule has 1 aliphatic rings. The summed E-state index contributed by atoms with van der Waals surface area (Å²) in [6.45, 7) is 2.12. The molecule has 0 atom stereocenters. The molecule has 0 radical (unpaired) electrons. The van der Waals surface area contributed by atoms with Gasteiger partial charge in [-0.15, -0.1) is 11.3 Å². The Hall–Kier alpha value is -2.51. The molecule has 28 heavy (non-hydrogen) atoms. The lowest BCUT2D eigenvalue weighted by Crippen LogP contribution is -2.37. The van der Waals surface area contributed by atoms with Crippen molar-refractivity contribution < 1.29 is 4.79 Å². The molecular formula is C20H20ClN5OS. The van der Waals surface area contributed by atoms with E-state index in [9.17, 15) is 4.79 Å². The minimum absolute atomic E-state index is 0.0519. The highest BCUT2D eigenvalue weighted by Crippen LogP contribution is 2.21. The van der Waals surface area contributed by atoms with Crippen LogP contribution >= 0.6 is 22.9 Å². The molecule has 8 heteroatoms. The number of rotatable bonds is 4. The number of halogens is 1. The SMILES string of the molecule is O=C(N=c1sccn1Cc1ccccc1Cl)C1CCN(c2ncccn2)CC1. The Kier molecular flexibility index (Phi) is 5.83. The number of amides is 1. The van der Waals surface area contributed by atoms with E-state index < -0.39 is 0 Å². The number of carbonyl (C=O) groups is 1. The fourth-order valence-electron chi connectivity index (χ4n) is 3.28. The van der Waals surface area contributed by atoms with Crippen LogP contribution in [0.3, 0.4) is 0 Å². The van der Waals surface area contributed by atoms with Crippen molar-refractivity contribution in [2.24, 2.45) is 10.9 Å². The quantitative estimate of drug-likeness (QED) is 0.657. The van der Waals surface area contributed by atoms with Crippen molar-refractivity contribution in [2.75, 3.05) is 18.0 Å². The van der Waals surface area contributed by atoms with E-state index in [1.165, 1.54) is 11.3 Å². The Labute approximate surface area is 172 Å². The highest BCUT2D eigenvalue weighted by Gasteiger charge is 2.26. The van der Waals surface area contributed by atoms with Gasteiger partial charge in [0.15, 0.2) is 4.80 Å². The highest BCUT2D eigenvalue weighted by molar-refractivity contribution is 7.07. The van der Waals surface area contributed by atoms with Gasteiger partial charge < -0.3 is 9.47 Å². The first-order chi connectivity index (χ1) is 13.7. The van der Waals surface area contributed by atoms with E-state index >= 15 is 0 Å². The van der Waals surface area contributed by atoms with Crippen LogP contribution in [0.25, 0.3) is 0 Å². The van der Waals surface area contributed by atoms with E-state index in [0.717, 1.165) is 37.4 Å². The van der Waals surface area contributed by atoms with Crippen molar-refractivity contribution in [3.8, 4) is 0 Å². The third kappa shape index (κ3) is 4.31. The largest absolute Gasteiger partial charge is 0.341 e. The smallest absolute Gasteiger partial charge is 0.251 e. The summed E-state index contributed by atoms with van der Waals surface area (Å²) in [5.74, 6) is 0.612. The first kappa shape index (κ1) is 18.8. The molecule has 1 fully saturated rings. The number of nitrogens with zero attached hydrogens (tertiary/aromatic N) is 5. The van der Waals surface area contributed by atoms with Crippen molar-refractivity contribution in [1.29, 1.82) is 0 Å². The summed E-state index contributed by atoms with van der Waals surface area (Å²) >= 11 is 7.73. The van der Waals surface area contributed by atoms with Gasteiger partial charge in [0.05, 0.1) is 6.54 Å². The molecule has 0 bridgehead atoms. The molecule has 0 spiro atoms. The fraction of sp³-hybridized carbons (Fsp3) is 0.300. The van der Waals surface area contributed by atoms with Gasteiger partial charge in [0, 0.05) is 48.0 Å². The summed E-state index contributed by atoms with van der Waals surface area (Å²) in [5.41, 5.74) is 1.01. The summed E-state index contributed by atoms with van der Waals surface area (Å²) in [6, 6.07) is 9.53. The molecule has 144 valence electrons. The fourth-order valence-corrected chi connectivity index (χ4v) is 4.21. The molecule has 3 aromatic rings. The maximum Gasteiger partial charge on any atom is 0.251 e. The molecular weight excluding hydrogens is 394 g/mol. The van der Waals surface area contributed by atoms with Gasteiger partial charge in [0.25, 0.3) is 5.91 Å². The Morgan fingerprint density at radius 2 is 1.93 bits per heavy atom. The van der Waals surface area contributed by atoms with E-state index in [2.05, 4.69) is 19.9 Å². The van der Waals surface area contributed by atoms with E-state index in [0.29, 0.717) is 16.4 Å². The molecule has 6 nitrogen and oxygen atoms in total. The molecule has 1 amide bonds. The van der Waals surface area contributed by atoms with Crippen LogP contribution in [0.1, 0.15) is 18.4 Å². The average molecular weight is 414 g/mol. The van der Waals surface area contributed by atoms with Gasteiger partial charge in [-0.2, -0.15) is 4.99 Å². The van der Waals surface area contributed by atoms with Gasteiger partial charge in [0.1, 0.15) is 0 Å². The van der Waals surface area contributed by atoms with Gasteiger partial charge in [-0.1, -0.05) is 29.8 Å². The first-order valence-electron chi connectivity index (χ1n) is 9.18. The monoisotopic (exact) mass is 413 g/mol. The molecule has 1 aromatic carbocycles. The summed E-state index contributed by atoms with van der Waals surface area (Å²) in [4.78, 5) is 28.5. The average Bonchev–Trinajstić information content (AvgIpc) is 3.17. The van der Waals surface area contributed by atoms with Gasteiger partial charge in [0.2, 0.25) is 5.95 Å². The van der Waals surface area contributed by atoms with Crippen molar-refractivity contribution in [1.82, 2.24) is 14.5 Å². The summed E-state index contributed by atoms with van der Waals surface area (Å²) in [5, 5.41) is 2.66. The standard InChI is InChI=1S/C20H20ClN5OS/c21-17-5-2-1-4-16(17)14-26-12-13-28-20(26)24-18(27)15-6-10-25(11-7-15)19-22-8-3-9-23-19/h1-5,8-9,12-13,15H,6-7,10-11,14H2. The van der Waals surface area contributed by atoms with Crippen LogP contribution < -0.4 is 9.70 Å². The molecule has 1 aliphatic heterocycles. The second kappa shape index (κ2) is 8.67. The predicted octanol–water partition coefficient (Wildman–Crippen LogP) is 3.39. The van der Waals surface area contributed by atoms with Crippen LogP contribution in [0.2, 0.25) is 5.02 Å². The van der Waals surface area contributed by atoms with Crippen LogP contribution in [0, 0.1) is 5.92 Å². The molecule has 0 saturated carbocycles. The molecule has 0 unspecified atom stereocenters. The zero-order chi connectivity index (χ0) is 19.3. The third-order valence-electron chi connectivity index (χ3n) is 4.84. The Morgan fingerprint density at radius 1 is 1.18 bits per heavy atom. The molecule has 0 aliphatic carbocycles. The van der Waals surface area contributed by atoms with Crippen LogP contribution in [-0.4, -0.2) is 33.5 Å². The molecule has 4 rings (SSSR count). The topological polar surface area (TPSA) is 63.4 Å². The second-order valence-corrected chi connectivity index (χ2v) is 7.95. The maximum atomic E-state index is 12.7. The normalized spacial score (nSPS) is 15.8. The van der Waals surface area contributed by atoms with Crippen molar-refractivity contribution in [3.05, 3.63) is 69.7 Å². The Morgan fingerprint density at radius 3 is 2.68 bits per heavy atom. The maximum absolute atomic E-state index is 12.7. The van der Waals surface area contributed by atoms with E-state index in [1.807, 2.05) is 40.4 Å². The lowest BCUT2D eigenvalue weighted by Gasteiger charge is -2.30. The number of aromatic nitrogens is 3. The number of anilines is 1. The number of hydrogen-bond acceptors (Lipinski definition) is 5. The zero-order valence-corrected chi connectivity index (χ0v) is 16.8. The van der Waals surface area contributed by atoms with Gasteiger partial charge in [-0.05, 0) is 30.5 Å². The predicted molar refractivity (Wildman–Crippen MR) is 110 cm³/mol. The summed E-state index contributed by atoms with van der Waals surface area (Å²) < 4.78 is 1.97. The molecule has 3 heterocycles. The number of benzene rings is 1. The van der Waals surface area contributed by atoms with Crippen LogP contribution in [0.4, 0.5) is 5.95 Å². The number of piperidine rings is 1. The van der Waals surface area contributed by atoms with Gasteiger partial charge in [-0.25, -0.2) is 9.97 Å². The molecule has 0 N–H and O–H groups in total. The Balaban J connectivity index is 1.44. The van der Waals surface area contributed by atoms with Crippen LogP contribution in [-0.2, 0) is 11.3 Å². The lowest BCUT2D eigenvalue weighted by atomic mass is 9.96. The minimum atomic E-state index is -0.0594. The summed E-state index contributed by atoms with van der Waals surface area (Å²) in [6.07, 6.45) is 6.94. The molecule has 2 aromatic heterocycles. The van der Waals surface area contributed by atoms with Crippen LogP contribution in [0.5, 0.6) is 0 Å². The van der Waals surface area contributed by atoms with Crippen molar-refractivity contribution >= 4 is 34.8 Å². The number of carbonyl (C=O) groups excluding carboxylic acids is 1. The zero-order valence-electron chi connectivity index (χ0n) is 15.2. The third-order valence-corrected chi connectivity index (χ3v) is 6.01. The lowest BCUT2D eigenvalue weighted by molar-refractivity contribution is -0.122. The Bertz CT molecular complexity index is 1010. The second-order valence-electron chi connectivity index (χ2n) is 6.67. The number of hydrogen-bond donors (Lipinski definition) is 0. The van der Waals surface area contributed by atoms with Crippen molar-refractivity contribution in [3.63, 3.8) is 0 Å². The van der Waals surface area contributed by atoms with E-state index in [-0.39, 0.29) is 11.8 Å². The van der Waals surface area contributed by atoms with Gasteiger partial charge in [-0.3, -0.25) is 4.79 Å². The first-order valence-corrected chi connectivity index (χ1v) is 10.4. The highest BCUT2D eigenvalue weighted by atomic mass is 35.5. The molecule has 1 saturated heterocycles. The minimum Gasteiger partial charge on any atom is -0.341 e. The van der Waals surface area contributed by atoms with E-state index in [1.54, 1.807) is 18.5 Å². The van der Waals surface area contributed by atoms with Crippen molar-refractivity contribution in [2.45, 2.75) is 19.4 Å².